The Hall–Kier alpha value is -1.07. The molecule has 0 aliphatic heterocycles. The molecule has 1 aromatic rings. The third-order valence-corrected chi connectivity index (χ3v) is 2.99. The molecule has 0 bridgehead atoms. The second-order valence-corrected chi connectivity index (χ2v) is 4.72. The van der Waals surface area contributed by atoms with E-state index in [2.05, 4.69) is 21.2 Å². The lowest BCUT2D eigenvalue weighted by Crippen LogP contribution is -2.40. The second kappa shape index (κ2) is 6.02. The summed E-state index contributed by atoms with van der Waals surface area (Å²) in [6, 6.07) is 3.89. The predicted octanol–water partition coefficient (Wildman–Crippen LogP) is 2.70. The van der Waals surface area contributed by atoms with Crippen LogP contribution in [0.3, 0.4) is 0 Å². The summed E-state index contributed by atoms with van der Waals surface area (Å²) < 4.78 is 0.754. The van der Waals surface area contributed by atoms with E-state index >= 15 is 0 Å². The Morgan fingerprint density at radius 3 is 2.65 bits per heavy atom. The minimum atomic E-state index is -1.06. The molecule has 4 nitrogen and oxygen atoms in total. The highest BCUT2D eigenvalue weighted by Gasteiger charge is 2.19. The molecule has 1 aromatic carbocycles. The van der Waals surface area contributed by atoms with Crippen molar-refractivity contribution in [2.24, 2.45) is 0 Å². The Labute approximate surface area is 112 Å². The van der Waals surface area contributed by atoms with Gasteiger partial charge in [0.1, 0.15) is 6.04 Å². The van der Waals surface area contributed by atoms with E-state index in [0.717, 1.165) is 4.47 Å². The molecule has 1 rings (SSSR count). The summed E-state index contributed by atoms with van der Waals surface area (Å²) in [4.78, 5) is 22.6. The van der Waals surface area contributed by atoms with Crippen molar-refractivity contribution >= 4 is 39.4 Å². The molecule has 0 aliphatic rings. The van der Waals surface area contributed by atoms with Crippen LogP contribution in [-0.2, 0) is 4.79 Å². The van der Waals surface area contributed by atoms with Gasteiger partial charge in [-0.25, -0.2) is 4.79 Å². The van der Waals surface area contributed by atoms with Crippen LogP contribution >= 0.6 is 27.5 Å². The Balaban J connectivity index is 2.86. The average Bonchev–Trinajstić information content (AvgIpc) is 2.24. The number of carboxylic acids is 1. The van der Waals surface area contributed by atoms with Gasteiger partial charge in [-0.05, 0) is 24.6 Å². The first-order chi connectivity index (χ1) is 7.95. The lowest BCUT2D eigenvalue weighted by Gasteiger charge is -2.12. The van der Waals surface area contributed by atoms with Crippen LogP contribution in [0.4, 0.5) is 0 Å². The van der Waals surface area contributed by atoms with Gasteiger partial charge in [0.25, 0.3) is 5.91 Å². The van der Waals surface area contributed by atoms with Gasteiger partial charge in [0.2, 0.25) is 0 Å². The number of carboxylic acid groups (broad SMARTS) is 1. The first-order valence-electron chi connectivity index (χ1n) is 4.94. The predicted molar refractivity (Wildman–Crippen MR) is 68.3 cm³/mol. The molecule has 1 unspecified atom stereocenters. The Bertz CT molecular complexity index is 450. The third kappa shape index (κ3) is 3.71. The first-order valence-corrected chi connectivity index (χ1v) is 6.11. The summed E-state index contributed by atoms with van der Waals surface area (Å²) >= 11 is 9.12. The SMILES string of the molecule is CCC(NC(=O)c1ccc(Br)cc1Cl)C(=O)O. The van der Waals surface area contributed by atoms with Crippen molar-refractivity contribution in [3.05, 3.63) is 33.3 Å². The molecule has 92 valence electrons. The summed E-state index contributed by atoms with van der Waals surface area (Å²) in [5.41, 5.74) is 0.259. The molecular formula is C11H11BrClNO3. The number of hydrogen-bond donors (Lipinski definition) is 2. The largest absolute Gasteiger partial charge is 0.480 e. The number of amides is 1. The van der Waals surface area contributed by atoms with Gasteiger partial charge in [0.05, 0.1) is 10.6 Å². The van der Waals surface area contributed by atoms with Crippen molar-refractivity contribution < 1.29 is 14.7 Å². The number of carbonyl (C=O) groups excluding carboxylic acids is 1. The van der Waals surface area contributed by atoms with Crippen molar-refractivity contribution in [2.75, 3.05) is 0 Å². The molecule has 0 radical (unpaired) electrons. The fourth-order valence-electron chi connectivity index (χ4n) is 1.25. The Morgan fingerprint density at radius 2 is 2.18 bits per heavy atom. The monoisotopic (exact) mass is 319 g/mol. The summed E-state index contributed by atoms with van der Waals surface area (Å²) in [7, 11) is 0. The van der Waals surface area contributed by atoms with Crippen molar-refractivity contribution in [3.8, 4) is 0 Å². The highest BCUT2D eigenvalue weighted by Crippen LogP contribution is 2.21. The topological polar surface area (TPSA) is 66.4 Å². The number of benzene rings is 1. The Morgan fingerprint density at radius 1 is 1.53 bits per heavy atom. The van der Waals surface area contributed by atoms with E-state index in [1.807, 2.05) is 0 Å². The van der Waals surface area contributed by atoms with E-state index in [1.54, 1.807) is 19.1 Å². The third-order valence-electron chi connectivity index (χ3n) is 2.19. The molecule has 0 heterocycles. The first kappa shape index (κ1) is 14.0. The molecule has 0 saturated heterocycles. The zero-order valence-electron chi connectivity index (χ0n) is 9.04. The van der Waals surface area contributed by atoms with Gasteiger partial charge in [-0.2, -0.15) is 0 Å². The highest BCUT2D eigenvalue weighted by atomic mass is 79.9. The zero-order chi connectivity index (χ0) is 13.0. The number of carbonyl (C=O) groups is 2. The van der Waals surface area contributed by atoms with Crippen LogP contribution in [0.5, 0.6) is 0 Å². The summed E-state index contributed by atoms with van der Waals surface area (Å²) in [5, 5.41) is 11.5. The maximum atomic E-state index is 11.8. The van der Waals surface area contributed by atoms with Crippen LogP contribution in [0.1, 0.15) is 23.7 Å². The van der Waals surface area contributed by atoms with E-state index in [4.69, 9.17) is 16.7 Å². The standard InChI is InChI=1S/C11H11BrClNO3/c1-2-9(11(16)17)14-10(15)7-4-3-6(12)5-8(7)13/h3-5,9H,2H2,1H3,(H,14,15)(H,16,17). The molecule has 1 atom stereocenters. The number of nitrogens with one attached hydrogen (secondary N) is 1. The quantitative estimate of drug-likeness (QED) is 0.896. The molecule has 1 amide bonds. The maximum absolute atomic E-state index is 11.8. The van der Waals surface area contributed by atoms with Gasteiger partial charge in [0.15, 0.2) is 0 Å². The number of halogens is 2. The van der Waals surface area contributed by atoms with Gasteiger partial charge in [-0.3, -0.25) is 4.79 Å². The number of rotatable bonds is 4. The minimum Gasteiger partial charge on any atom is -0.480 e. The van der Waals surface area contributed by atoms with Crippen LogP contribution in [0.25, 0.3) is 0 Å². The van der Waals surface area contributed by atoms with Gasteiger partial charge < -0.3 is 10.4 Å². The fraction of sp³-hybridized carbons (Fsp3) is 0.273. The highest BCUT2D eigenvalue weighted by molar-refractivity contribution is 9.10. The normalized spacial score (nSPS) is 11.9. The lowest BCUT2D eigenvalue weighted by molar-refractivity contribution is -0.139. The van der Waals surface area contributed by atoms with E-state index in [9.17, 15) is 9.59 Å². The van der Waals surface area contributed by atoms with Gasteiger partial charge >= 0.3 is 5.97 Å². The van der Waals surface area contributed by atoms with Crippen molar-refractivity contribution in [3.63, 3.8) is 0 Å². The number of hydrogen-bond acceptors (Lipinski definition) is 2. The van der Waals surface area contributed by atoms with E-state index in [0.29, 0.717) is 6.42 Å². The summed E-state index contributed by atoms with van der Waals surface area (Å²) in [6.07, 6.45) is 0.315. The van der Waals surface area contributed by atoms with E-state index in [-0.39, 0.29) is 10.6 Å². The van der Waals surface area contributed by atoms with Crippen molar-refractivity contribution in [2.45, 2.75) is 19.4 Å². The second-order valence-electron chi connectivity index (χ2n) is 3.40. The molecule has 0 aromatic heterocycles. The van der Waals surface area contributed by atoms with E-state index in [1.165, 1.54) is 6.07 Å². The molecule has 6 heteroatoms. The summed E-state index contributed by atoms with van der Waals surface area (Å²) in [5.74, 6) is -1.55. The zero-order valence-corrected chi connectivity index (χ0v) is 11.4. The van der Waals surface area contributed by atoms with Gasteiger partial charge in [0, 0.05) is 4.47 Å². The Kier molecular flexibility index (Phi) is 4.96. The number of aliphatic carboxylic acids is 1. The van der Waals surface area contributed by atoms with Crippen LogP contribution in [0, 0.1) is 0 Å². The van der Waals surface area contributed by atoms with Gasteiger partial charge in [-0.1, -0.05) is 34.5 Å². The van der Waals surface area contributed by atoms with E-state index < -0.39 is 17.9 Å². The van der Waals surface area contributed by atoms with Crippen LogP contribution in [-0.4, -0.2) is 23.0 Å². The summed E-state index contributed by atoms with van der Waals surface area (Å²) in [6.45, 7) is 1.68. The maximum Gasteiger partial charge on any atom is 0.326 e. The minimum absolute atomic E-state index is 0.259. The molecule has 2 N–H and O–H groups in total. The smallest absolute Gasteiger partial charge is 0.326 e. The van der Waals surface area contributed by atoms with Crippen LogP contribution in [0.15, 0.2) is 22.7 Å². The van der Waals surface area contributed by atoms with Crippen molar-refractivity contribution in [1.29, 1.82) is 0 Å². The van der Waals surface area contributed by atoms with Crippen molar-refractivity contribution in [1.82, 2.24) is 5.32 Å². The molecule has 17 heavy (non-hydrogen) atoms. The molecule has 0 aliphatic carbocycles. The van der Waals surface area contributed by atoms with Crippen LogP contribution in [0.2, 0.25) is 5.02 Å². The lowest BCUT2D eigenvalue weighted by atomic mass is 10.1. The van der Waals surface area contributed by atoms with Gasteiger partial charge in [-0.15, -0.1) is 0 Å². The molecule has 0 fully saturated rings. The molecule has 0 saturated carbocycles. The molecular weight excluding hydrogens is 309 g/mol. The average molecular weight is 321 g/mol. The van der Waals surface area contributed by atoms with Crippen LogP contribution < -0.4 is 5.32 Å². The fourth-order valence-corrected chi connectivity index (χ4v) is 2.01. The molecule has 0 spiro atoms.